The van der Waals surface area contributed by atoms with E-state index in [9.17, 15) is 0 Å². The Labute approximate surface area is 208 Å². The van der Waals surface area contributed by atoms with Gasteiger partial charge in [-0.05, 0) is 25.7 Å². The molecule has 0 fully saturated rings. The summed E-state index contributed by atoms with van der Waals surface area (Å²) in [6.07, 6.45) is 37.1. The predicted octanol–water partition coefficient (Wildman–Crippen LogP) is 9.96. The minimum Gasteiger partial charge on any atom is -0.234 e. The van der Waals surface area contributed by atoms with Crippen molar-refractivity contribution < 1.29 is 4.57 Å². The molecule has 0 spiro atoms. The standard InChI is InChI=1S/C31H61N2/c1-4-7-10-12-14-16-17-18-20-22-24-26-31-32(27-9-6-3)29-30-33(31)28-25-23-21-19-15-13-11-8-5-2/h29-30H,4-28H2,1-3H3/q+1. The van der Waals surface area contributed by atoms with E-state index in [1.807, 2.05) is 0 Å². The number of nitrogens with zero attached hydrogens (tertiary/aromatic N) is 2. The summed E-state index contributed by atoms with van der Waals surface area (Å²) in [5, 5.41) is 0. The summed E-state index contributed by atoms with van der Waals surface area (Å²) in [7, 11) is 0. The zero-order chi connectivity index (χ0) is 23.8. The molecule has 1 aromatic heterocycles. The maximum absolute atomic E-state index is 2.59. The SMILES string of the molecule is CCCCCCCCCCCCCc1n(CCCCCCCCCCC)cc[n+]1CCCC. The van der Waals surface area contributed by atoms with Crippen molar-refractivity contribution in [3.63, 3.8) is 0 Å². The highest BCUT2D eigenvalue weighted by molar-refractivity contribution is 4.84. The van der Waals surface area contributed by atoms with Crippen molar-refractivity contribution >= 4 is 0 Å². The van der Waals surface area contributed by atoms with Crippen molar-refractivity contribution in [3.05, 3.63) is 18.2 Å². The summed E-state index contributed by atoms with van der Waals surface area (Å²) >= 11 is 0. The zero-order valence-electron chi connectivity index (χ0n) is 23.2. The molecule has 0 aromatic carbocycles. The van der Waals surface area contributed by atoms with Gasteiger partial charge in [0, 0.05) is 6.42 Å². The lowest BCUT2D eigenvalue weighted by atomic mass is 10.1. The average molecular weight is 462 g/mol. The Hall–Kier alpha value is -0.790. The Bertz CT molecular complexity index is 519. The molecule has 1 rings (SSSR count). The van der Waals surface area contributed by atoms with E-state index >= 15 is 0 Å². The van der Waals surface area contributed by atoms with Crippen molar-refractivity contribution in [1.82, 2.24) is 4.57 Å². The smallest absolute Gasteiger partial charge is 0.234 e. The fraction of sp³-hybridized carbons (Fsp3) is 0.903. The van der Waals surface area contributed by atoms with E-state index in [0.717, 1.165) is 0 Å². The highest BCUT2D eigenvalue weighted by Crippen LogP contribution is 2.14. The summed E-state index contributed by atoms with van der Waals surface area (Å²) in [4.78, 5) is 0. The molecule has 2 nitrogen and oxygen atoms in total. The lowest BCUT2D eigenvalue weighted by Crippen LogP contribution is -2.37. The van der Waals surface area contributed by atoms with E-state index in [0.29, 0.717) is 0 Å². The van der Waals surface area contributed by atoms with Gasteiger partial charge in [-0.25, -0.2) is 9.13 Å². The summed E-state index contributed by atoms with van der Waals surface area (Å²) in [6, 6.07) is 0. The van der Waals surface area contributed by atoms with Crippen LogP contribution in [0.25, 0.3) is 0 Å². The second-order valence-electron chi connectivity index (χ2n) is 10.6. The van der Waals surface area contributed by atoms with Crippen molar-refractivity contribution in [1.29, 1.82) is 0 Å². The molecule has 0 aliphatic rings. The number of aromatic nitrogens is 2. The van der Waals surface area contributed by atoms with Crippen molar-refractivity contribution in [3.8, 4) is 0 Å². The number of imidazole rings is 1. The third-order valence-electron chi connectivity index (χ3n) is 7.35. The minimum atomic E-state index is 1.20. The topological polar surface area (TPSA) is 8.81 Å². The largest absolute Gasteiger partial charge is 0.256 e. The molecule has 1 aromatic rings. The molecular weight excluding hydrogens is 400 g/mol. The van der Waals surface area contributed by atoms with Crippen LogP contribution < -0.4 is 4.57 Å². The minimum absolute atomic E-state index is 1.20. The van der Waals surface area contributed by atoms with Crippen LogP contribution in [0.1, 0.15) is 168 Å². The highest BCUT2D eigenvalue weighted by atomic mass is 15.1. The maximum atomic E-state index is 2.59. The van der Waals surface area contributed by atoms with Crippen LogP contribution >= 0.6 is 0 Å². The lowest BCUT2D eigenvalue weighted by Gasteiger charge is -2.06. The Morgan fingerprint density at radius 1 is 0.515 bits per heavy atom. The van der Waals surface area contributed by atoms with Crippen LogP contribution in [0.5, 0.6) is 0 Å². The molecule has 0 bridgehead atoms. The molecule has 0 aliphatic carbocycles. The fourth-order valence-corrected chi connectivity index (χ4v) is 5.06. The first kappa shape index (κ1) is 30.2. The van der Waals surface area contributed by atoms with Crippen molar-refractivity contribution in [2.45, 2.75) is 182 Å². The van der Waals surface area contributed by atoms with Gasteiger partial charge in [0.2, 0.25) is 0 Å². The number of hydrogen-bond donors (Lipinski definition) is 0. The van der Waals surface area contributed by atoms with Gasteiger partial charge >= 0.3 is 0 Å². The molecule has 194 valence electrons. The van der Waals surface area contributed by atoms with Gasteiger partial charge in [0.15, 0.2) is 0 Å². The first-order valence-corrected chi connectivity index (χ1v) is 15.4. The average Bonchev–Trinajstić information content (AvgIpc) is 3.21. The van der Waals surface area contributed by atoms with E-state index in [1.165, 1.54) is 161 Å². The summed E-state index contributed by atoms with van der Waals surface area (Å²) < 4.78 is 5.15. The van der Waals surface area contributed by atoms with E-state index in [-0.39, 0.29) is 0 Å². The van der Waals surface area contributed by atoms with Crippen molar-refractivity contribution in [2.24, 2.45) is 0 Å². The van der Waals surface area contributed by atoms with Gasteiger partial charge in [0.05, 0.1) is 13.1 Å². The van der Waals surface area contributed by atoms with Crippen LogP contribution in [-0.2, 0) is 19.5 Å². The lowest BCUT2D eigenvalue weighted by molar-refractivity contribution is -0.704. The second kappa shape index (κ2) is 23.0. The number of rotatable bonds is 25. The van der Waals surface area contributed by atoms with Gasteiger partial charge in [-0.3, -0.25) is 0 Å². The van der Waals surface area contributed by atoms with Crippen LogP contribution in [0, 0.1) is 0 Å². The van der Waals surface area contributed by atoms with Crippen LogP contribution in [0.4, 0.5) is 0 Å². The predicted molar refractivity (Wildman–Crippen MR) is 147 cm³/mol. The van der Waals surface area contributed by atoms with Gasteiger partial charge in [0.1, 0.15) is 12.4 Å². The molecular formula is C31H61N2+. The third kappa shape index (κ3) is 16.5. The Kier molecular flexibility index (Phi) is 21.1. The molecule has 0 saturated carbocycles. The highest BCUT2D eigenvalue weighted by Gasteiger charge is 2.16. The quantitative estimate of drug-likeness (QED) is 0.101. The molecule has 2 heteroatoms. The maximum Gasteiger partial charge on any atom is 0.256 e. The van der Waals surface area contributed by atoms with Gasteiger partial charge < -0.3 is 0 Å². The normalized spacial score (nSPS) is 11.5. The third-order valence-corrected chi connectivity index (χ3v) is 7.35. The van der Waals surface area contributed by atoms with E-state index < -0.39 is 0 Å². The molecule has 0 aliphatic heterocycles. The van der Waals surface area contributed by atoms with Crippen molar-refractivity contribution in [2.75, 3.05) is 0 Å². The molecule has 0 N–H and O–H groups in total. The molecule has 1 heterocycles. The number of unbranched alkanes of at least 4 members (excludes halogenated alkanes) is 19. The van der Waals surface area contributed by atoms with Gasteiger partial charge in [-0.2, -0.15) is 0 Å². The Balaban J connectivity index is 2.21. The molecule has 0 radical (unpaired) electrons. The van der Waals surface area contributed by atoms with E-state index in [2.05, 4.69) is 42.3 Å². The molecule has 0 atom stereocenters. The van der Waals surface area contributed by atoms with Gasteiger partial charge in [-0.15, -0.1) is 0 Å². The van der Waals surface area contributed by atoms with E-state index in [4.69, 9.17) is 0 Å². The van der Waals surface area contributed by atoms with E-state index in [1.54, 1.807) is 5.82 Å². The Morgan fingerprint density at radius 3 is 1.42 bits per heavy atom. The molecule has 0 unspecified atom stereocenters. The van der Waals surface area contributed by atoms with Gasteiger partial charge in [-0.1, -0.05) is 136 Å². The number of aryl methyl sites for hydroxylation is 2. The van der Waals surface area contributed by atoms with Crippen LogP contribution in [0.2, 0.25) is 0 Å². The van der Waals surface area contributed by atoms with Gasteiger partial charge in [0.25, 0.3) is 5.82 Å². The molecule has 33 heavy (non-hydrogen) atoms. The zero-order valence-corrected chi connectivity index (χ0v) is 23.2. The summed E-state index contributed by atoms with van der Waals surface area (Å²) in [6.45, 7) is 9.35. The van der Waals surface area contributed by atoms with Crippen LogP contribution in [-0.4, -0.2) is 4.57 Å². The number of hydrogen-bond acceptors (Lipinski definition) is 0. The summed E-state index contributed by atoms with van der Waals surface area (Å²) in [5.41, 5.74) is 0. The molecule has 0 amide bonds. The van der Waals surface area contributed by atoms with Crippen LogP contribution in [0.3, 0.4) is 0 Å². The first-order chi connectivity index (χ1) is 16.3. The summed E-state index contributed by atoms with van der Waals surface area (Å²) in [5.74, 6) is 1.60. The first-order valence-electron chi connectivity index (χ1n) is 15.4. The van der Waals surface area contributed by atoms with Crippen LogP contribution in [0.15, 0.2) is 12.4 Å². The monoisotopic (exact) mass is 461 g/mol. The Morgan fingerprint density at radius 2 is 0.939 bits per heavy atom. The molecule has 0 saturated heterocycles. The fourth-order valence-electron chi connectivity index (χ4n) is 5.06. The second-order valence-corrected chi connectivity index (χ2v) is 10.6.